The van der Waals surface area contributed by atoms with Crippen LogP contribution >= 0.6 is 0 Å². The van der Waals surface area contributed by atoms with E-state index in [-0.39, 0.29) is 62.6 Å². The second-order valence-corrected chi connectivity index (χ2v) is 7.16. The lowest BCUT2D eigenvalue weighted by atomic mass is 9.80. The Balaban J connectivity index is 2.00. The zero-order chi connectivity index (χ0) is 18.1. The lowest BCUT2D eigenvalue weighted by Gasteiger charge is -2.44. The molecule has 0 spiro atoms. The SMILES string of the molecule is CC(C)C1CN(C(=O)O)CCN1C(=O)C1CCC(C(F)(F)F)CC1. The van der Waals surface area contributed by atoms with E-state index in [1.165, 1.54) is 4.90 Å². The van der Waals surface area contributed by atoms with Gasteiger partial charge < -0.3 is 14.9 Å². The van der Waals surface area contributed by atoms with Crippen LogP contribution in [0.5, 0.6) is 0 Å². The lowest BCUT2D eigenvalue weighted by Crippen LogP contribution is -2.59. The van der Waals surface area contributed by atoms with Gasteiger partial charge in [-0.1, -0.05) is 13.8 Å². The summed E-state index contributed by atoms with van der Waals surface area (Å²) in [5, 5.41) is 9.13. The number of nitrogens with zero attached hydrogens (tertiary/aromatic N) is 2. The number of rotatable bonds is 2. The molecular weight excluding hydrogens is 325 g/mol. The summed E-state index contributed by atoms with van der Waals surface area (Å²) in [6, 6.07) is -0.220. The second-order valence-electron chi connectivity index (χ2n) is 7.16. The number of hydrogen-bond acceptors (Lipinski definition) is 2. The lowest BCUT2D eigenvalue weighted by molar-refractivity contribution is -0.185. The Morgan fingerprint density at radius 2 is 1.67 bits per heavy atom. The standard InChI is InChI=1S/C16H25F3N2O3/c1-10(2)13-9-20(15(23)24)7-8-21(13)14(22)11-3-5-12(6-4-11)16(17,18)19/h10-13H,3-9H2,1-2H3,(H,23,24). The number of carbonyl (C=O) groups excluding carboxylic acids is 1. The van der Waals surface area contributed by atoms with Crippen molar-refractivity contribution in [2.24, 2.45) is 17.8 Å². The third-order valence-electron chi connectivity index (χ3n) is 5.28. The van der Waals surface area contributed by atoms with Crippen LogP contribution in [-0.4, -0.2) is 58.8 Å². The first-order chi connectivity index (χ1) is 11.1. The van der Waals surface area contributed by atoms with Crippen LogP contribution in [0.4, 0.5) is 18.0 Å². The average Bonchev–Trinajstić information content (AvgIpc) is 2.52. The second kappa shape index (κ2) is 7.19. The van der Waals surface area contributed by atoms with Gasteiger partial charge >= 0.3 is 12.3 Å². The Bertz CT molecular complexity index is 474. The molecule has 1 saturated carbocycles. The van der Waals surface area contributed by atoms with Crippen molar-refractivity contribution in [1.29, 1.82) is 0 Å². The largest absolute Gasteiger partial charge is 0.465 e. The van der Waals surface area contributed by atoms with Crippen molar-refractivity contribution in [1.82, 2.24) is 9.80 Å². The Kier molecular flexibility index (Phi) is 5.65. The molecule has 1 aliphatic carbocycles. The van der Waals surface area contributed by atoms with Crippen LogP contribution in [0.2, 0.25) is 0 Å². The van der Waals surface area contributed by atoms with Gasteiger partial charge in [0.1, 0.15) is 0 Å². The highest BCUT2D eigenvalue weighted by molar-refractivity contribution is 5.79. The molecule has 2 rings (SSSR count). The fraction of sp³-hybridized carbons (Fsp3) is 0.875. The highest BCUT2D eigenvalue weighted by Crippen LogP contribution is 2.40. The molecule has 2 fully saturated rings. The first kappa shape index (κ1) is 18.9. The molecule has 2 aliphatic rings. The van der Waals surface area contributed by atoms with E-state index >= 15 is 0 Å². The Hall–Kier alpha value is -1.47. The van der Waals surface area contributed by atoms with Gasteiger partial charge in [-0.3, -0.25) is 4.79 Å². The predicted octanol–water partition coefficient (Wildman–Crippen LogP) is 3.20. The van der Waals surface area contributed by atoms with Crippen molar-refractivity contribution in [3.05, 3.63) is 0 Å². The van der Waals surface area contributed by atoms with Crippen molar-refractivity contribution < 1.29 is 27.9 Å². The maximum atomic E-state index is 12.8. The normalized spacial score (nSPS) is 29.0. The molecular formula is C16H25F3N2O3. The van der Waals surface area contributed by atoms with E-state index in [2.05, 4.69) is 0 Å². The summed E-state index contributed by atoms with van der Waals surface area (Å²) < 4.78 is 38.3. The third kappa shape index (κ3) is 4.13. The molecule has 5 nitrogen and oxygen atoms in total. The molecule has 1 saturated heterocycles. The number of carbonyl (C=O) groups is 2. The molecule has 8 heteroatoms. The smallest absolute Gasteiger partial charge is 0.407 e. The van der Waals surface area contributed by atoms with Gasteiger partial charge in [-0.05, 0) is 31.6 Å². The molecule has 138 valence electrons. The van der Waals surface area contributed by atoms with E-state index in [4.69, 9.17) is 5.11 Å². The number of hydrogen-bond donors (Lipinski definition) is 1. The van der Waals surface area contributed by atoms with Gasteiger partial charge in [-0.2, -0.15) is 13.2 Å². The topological polar surface area (TPSA) is 60.9 Å². The number of alkyl halides is 3. The van der Waals surface area contributed by atoms with Crippen molar-refractivity contribution in [2.75, 3.05) is 19.6 Å². The molecule has 2 amide bonds. The van der Waals surface area contributed by atoms with Crippen LogP contribution in [0.15, 0.2) is 0 Å². The van der Waals surface area contributed by atoms with Gasteiger partial charge in [0.15, 0.2) is 0 Å². The Morgan fingerprint density at radius 3 is 2.12 bits per heavy atom. The molecule has 1 N–H and O–H groups in total. The van der Waals surface area contributed by atoms with Crippen LogP contribution in [0.3, 0.4) is 0 Å². The molecule has 1 heterocycles. The molecule has 0 aromatic rings. The average molecular weight is 350 g/mol. The summed E-state index contributed by atoms with van der Waals surface area (Å²) in [4.78, 5) is 26.9. The van der Waals surface area contributed by atoms with Crippen molar-refractivity contribution in [3.63, 3.8) is 0 Å². The Labute approximate surface area is 139 Å². The first-order valence-corrected chi connectivity index (χ1v) is 8.46. The monoisotopic (exact) mass is 350 g/mol. The van der Waals surface area contributed by atoms with Gasteiger partial charge in [0.25, 0.3) is 0 Å². The molecule has 0 bridgehead atoms. The van der Waals surface area contributed by atoms with Crippen LogP contribution in [0.1, 0.15) is 39.5 Å². The van der Waals surface area contributed by atoms with Crippen LogP contribution in [0.25, 0.3) is 0 Å². The van der Waals surface area contributed by atoms with Crippen molar-refractivity contribution in [3.8, 4) is 0 Å². The maximum absolute atomic E-state index is 12.8. The van der Waals surface area contributed by atoms with E-state index in [0.717, 1.165) is 0 Å². The number of halogens is 3. The van der Waals surface area contributed by atoms with E-state index in [1.54, 1.807) is 4.90 Å². The minimum absolute atomic E-state index is 0.00133. The summed E-state index contributed by atoms with van der Waals surface area (Å²) in [5.74, 6) is -1.70. The zero-order valence-electron chi connectivity index (χ0n) is 14.1. The molecule has 1 aliphatic heterocycles. The molecule has 0 aromatic carbocycles. The van der Waals surface area contributed by atoms with E-state index < -0.39 is 18.2 Å². The molecule has 1 atom stereocenters. The van der Waals surface area contributed by atoms with Gasteiger partial charge in [0.05, 0.1) is 12.0 Å². The third-order valence-corrected chi connectivity index (χ3v) is 5.28. The van der Waals surface area contributed by atoms with Gasteiger partial charge in [-0.25, -0.2) is 4.79 Å². The zero-order valence-corrected chi connectivity index (χ0v) is 14.1. The summed E-state index contributed by atoms with van der Waals surface area (Å²) in [5.41, 5.74) is 0. The summed E-state index contributed by atoms with van der Waals surface area (Å²) in [7, 11) is 0. The number of carboxylic acid groups (broad SMARTS) is 1. The van der Waals surface area contributed by atoms with E-state index in [9.17, 15) is 22.8 Å². The molecule has 0 aromatic heterocycles. The van der Waals surface area contributed by atoms with Gasteiger partial charge in [-0.15, -0.1) is 0 Å². The number of amides is 2. The van der Waals surface area contributed by atoms with E-state index in [0.29, 0.717) is 6.54 Å². The van der Waals surface area contributed by atoms with Gasteiger partial charge in [0, 0.05) is 25.6 Å². The van der Waals surface area contributed by atoms with Crippen molar-refractivity contribution in [2.45, 2.75) is 51.7 Å². The van der Waals surface area contributed by atoms with Crippen LogP contribution < -0.4 is 0 Å². The molecule has 1 unspecified atom stereocenters. The molecule has 0 radical (unpaired) electrons. The fourth-order valence-corrected chi connectivity index (χ4v) is 3.73. The van der Waals surface area contributed by atoms with Crippen molar-refractivity contribution >= 4 is 12.0 Å². The van der Waals surface area contributed by atoms with Crippen LogP contribution in [0, 0.1) is 17.8 Å². The minimum atomic E-state index is -4.18. The highest BCUT2D eigenvalue weighted by Gasteiger charge is 2.44. The summed E-state index contributed by atoms with van der Waals surface area (Å²) >= 11 is 0. The summed E-state index contributed by atoms with van der Waals surface area (Å²) in [6.07, 6.45) is -4.66. The summed E-state index contributed by atoms with van der Waals surface area (Å²) in [6.45, 7) is 4.68. The van der Waals surface area contributed by atoms with Crippen LogP contribution in [-0.2, 0) is 4.79 Å². The first-order valence-electron chi connectivity index (χ1n) is 8.46. The fourth-order valence-electron chi connectivity index (χ4n) is 3.73. The predicted molar refractivity (Wildman–Crippen MR) is 81.4 cm³/mol. The Morgan fingerprint density at radius 1 is 1.08 bits per heavy atom. The molecule has 24 heavy (non-hydrogen) atoms. The highest BCUT2D eigenvalue weighted by atomic mass is 19.4. The van der Waals surface area contributed by atoms with E-state index in [1.807, 2.05) is 13.8 Å². The quantitative estimate of drug-likeness (QED) is 0.832. The maximum Gasteiger partial charge on any atom is 0.407 e. The minimum Gasteiger partial charge on any atom is -0.465 e. The number of piperazine rings is 1. The van der Waals surface area contributed by atoms with Gasteiger partial charge in [0.2, 0.25) is 5.91 Å².